The maximum atomic E-state index is 5.28. The van der Waals surface area contributed by atoms with Crippen molar-refractivity contribution in [3.8, 4) is 0 Å². The van der Waals surface area contributed by atoms with E-state index < -0.39 is 0 Å². The quantitative estimate of drug-likeness (QED) is 0.698. The number of rotatable bonds is 3. The van der Waals surface area contributed by atoms with E-state index >= 15 is 0 Å². The fourth-order valence-electron chi connectivity index (χ4n) is 1.85. The normalized spacial score (nSPS) is 16.3. The van der Waals surface area contributed by atoms with Crippen molar-refractivity contribution < 1.29 is 0 Å². The lowest BCUT2D eigenvalue weighted by atomic mass is 10.1. The van der Waals surface area contributed by atoms with Crippen molar-refractivity contribution in [2.45, 2.75) is 19.3 Å². The number of thiocarbonyl (C=S) groups is 1. The highest BCUT2D eigenvalue weighted by Crippen LogP contribution is 2.12. The van der Waals surface area contributed by atoms with Crippen LogP contribution in [0.15, 0.2) is 30.3 Å². The third-order valence-electron chi connectivity index (χ3n) is 2.68. The third kappa shape index (κ3) is 2.32. The van der Waals surface area contributed by atoms with Crippen molar-refractivity contribution in [3.63, 3.8) is 0 Å². The van der Waals surface area contributed by atoms with E-state index in [1.54, 1.807) is 0 Å². The Morgan fingerprint density at radius 1 is 1.21 bits per heavy atom. The Hall–Kier alpha value is -0.890. The molecule has 0 amide bonds. The molecule has 0 radical (unpaired) electrons. The first-order valence-electron chi connectivity index (χ1n) is 5.18. The molecule has 14 heavy (non-hydrogen) atoms. The van der Waals surface area contributed by atoms with E-state index in [1.165, 1.54) is 12.0 Å². The maximum Gasteiger partial charge on any atom is 0.0780 e. The average Bonchev–Trinajstić information content (AvgIpc) is 2.63. The molecular weight excluding hydrogens is 190 g/mol. The van der Waals surface area contributed by atoms with Gasteiger partial charge in [-0.15, -0.1) is 0 Å². The summed E-state index contributed by atoms with van der Waals surface area (Å²) in [7, 11) is 0. The monoisotopic (exact) mass is 205 g/mol. The highest BCUT2D eigenvalue weighted by molar-refractivity contribution is 7.80. The van der Waals surface area contributed by atoms with Crippen LogP contribution in [0, 0.1) is 0 Å². The molecule has 1 aromatic rings. The van der Waals surface area contributed by atoms with Gasteiger partial charge in [-0.1, -0.05) is 42.5 Å². The number of nitrogens with zero attached hydrogens (tertiary/aromatic N) is 1. The van der Waals surface area contributed by atoms with E-state index in [-0.39, 0.29) is 0 Å². The van der Waals surface area contributed by atoms with Crippen LogP contribution in [0.1, 0.15) is 18.4 Å². The van der Waals surface area contributed by atoms with Crippen LogP contribution in [-0.4, -0.2) is 23.0 Å². The lowest BCUT2D eigenvalue weighted by Gasteiger charge is -2.17. The molecule has 2 heteroatoms. The Balaban J connectivity index is 1.85. The molecule has 1 saturated heterocycles. The van der Waals surface area contributed by atoms with E-state index in [9.17, 15) is 0 Å². The molecule has 2 rings (SSSR count). The van der Waals surface area contributed by atoms with Crippen molar-refractivity contribution in [2.24, 2.45) is 0 Å². The van der Waals surface area contributed by atoms with E-state index in [0.29, 0.717) is 0 Å². The summed E-state index contributed by atoms with van der Waals surface area (Å²) in [6, 6.07) is 10.6. The van der Waals surface area contributed by atoms with E-state index in [4.69, 9.17) is 12.2 Å². The van der Waals surface area contributed by atoms with Crippen molar-refractivity contribution in [3.05, 3.63) is 35.9 Å². The van der Waals surface area contributed by atoms with Gasteiger partial charge in [0.2, 0.25) is 0 Å². The van der Waals surface area contributed by atoms with Crippen LogP contribution in [0.4, 0.5) is 0 Å². The highest BCUT2D eigenvalue weighted by Gasteiger charge is 2.15. The molecule has 1 aromatic carbocycles. The van der Waals surface area contributed by atoms with Gasteiger partial charge in [0.25, 0.3) is 0 Å². The van der Waals surface area contributed by atoms with E-state index in [2.05, 4.69) is 35.2 Å². The second-order valence-electron chi connectivity index (χ2n) is 3.72. The molecule has 0 unspecified atom stereocenters. The third-order valence-corrected chi connectivity index (χ3v) is 3.15. The minimum Gasteiger partial charge on any atom is -0.366 e. The Bertz CT molecular complexity index is 307. The lowest BCUT2D eigenvalue weighted by molar-refractivity contribution is 0.463. The molecule has 1 aliphatic heterocycles. The van der Waals surface area contributed by atoms with Gasteiger partial charge in [-0.2, -0.15) is 0 Å². The molecule has 0 aromatic heterocycles. The van der Waals surface area contributed by atoms with E-state index in [0.717, 1.165) is 30.9 Å². The van der Waals surface area contributed by atoms with Crippen molar-refractivity contribution >= 4 is 17.2 Å². The second kappa shape index (κ2) is 4.56. The summed E-state index contributed by atoms with van der Waals surface area (Å²) in [6.07, 6.45) is 3.47. The summed E-state index contributed by atoms with van der Waals surface area (Å²) < 4.78 is 0. The van der Waals surface area contributed by atoms with Crippen LogP contribution >= 0.6 is 12.2 Å². The standard InChI is InChI=1S/C12H15NS/c14-12-7-4-9-13(12)10-8-11-5-2-1-3-6-11/h1-3,5-6H,4,7-10H2. The Morgan fingerprint density at radius 3 is 2.64 bits per heavy atom. The maximum absolute atomic E-state index is 5.28. The predicted octanol–water partition coefficient (Wildman–Crippen LogP) is 2.65. The first-order chi connectivity index (χ1) is 6.86. The van der Waals surface area contributed by atoms with Gasteiger partial charge in [0.05, 0.1) is 4.99 Å². The Labute approximate surface area is 90.7 Å². The van der Waals surface area contributed by atoms with Gasteiger partial charge in [0.15, 0.2) is 0 Å². The first kappa shape index (κ1) is 9.66. The van der Waals surface area contributed by atoms with Gasteiger partial charge in [-0.05, 0) is 24.8 Å². The van der Waals surface area contributed by atoms with Crippen LogP contribution in [0.5, 0.6) is 0 Å². The summed E-state index contributed by atoms with van der Waals surface area (Å²) in [5.41, 5.74) is 1.40. The molecule has 1 heterocycles. The summed E-state index contributed by atoms with van der Waals surface area (Å²) in [6.45, 7) is 2.24. The van der Waals surface area contributed by atoms with Gasteiger partial charge in [0.1, 0.15) is 0 Å². The summed E-state index contributed by atoms with van der Waals surface area (Å²) >= 11 is 5.28. The molecule has 0 bridgehead atoms. The lowest BCUT2D eigenvalue weighted by Crippen LogP contribution is -2.25. The zero-order valence-electron chi connectivity index (χ0n) is 8.28. The van der Waals surface area contributed by atoms with Gasteiger partial charge in [-0.3, -0.25) is 0 Å². The minimum absolute atomic E-state index is 1.09. The number of hydrogen-bond acceptors (Lipinski definition) is 1. The molecular formula is C12H15NS. The van der Waals surface area contributed by atoms with Crippen LogP contribution in [-0.2, 0) is 6.42 Å². The van der Waals surface area contributed by atoms with Gasteiger partial charge >= 0.3 is 0 Å². The fourth-order valence-corrected chi connectivity index (χ4v) is 2.18. The van der Waals surface area contributed by atoms with Crippen LogP contribution < -0.4 is 0 Å². The summed E-state index contributed by atoms with van der Waals surface area (Å²) in [5.74, 6) is 0. The topological polar surface area (TPSA) is 3.24 Å². The number of benzene rings is 1. The van der Waals surface area contributed by atoms with Gasteiger partial charge in [0, 0.05) is 13.1 Å². The molecule has 74 valence electrons. The molecule has 0 atom stereocenters. The fraction of sp³-hybridized carbons (Fsp3) is 0.417. The van der Waals surface area contributed by atoms with Gasteiger partial charge < -0.3 is 4.90 Å². The highest BCUT2D eigenvalue weighted by atomic mass is 32.1. The molecule has 0 N–H and O–H groups in total. The smallest absolute Gasteiger partial charge is 0.0780 e. The molecule has 1 aliphatic rings. The largest absolute Gasteiger partial charge is 0.366 e. The predicted molar refractivity (Wildman–Crippen MR) is 63.6 cm³/mol. The molecule has 0 saturated carbocycles. The van der Waals surface area contributed by atoms with Crippen LogP contribution in [0.3, 0.4) is 0 Å². The van der Waals surface area contributed by atoms with E-state index in [1.807, 2.05) is 0 Å². The molecule has 1 nitrogen and oxygen atoms in total. The minimum atomic E-state index is 1.09. The second-order valence-corrected chi connectivity index (χ2v) is 4.19. The van der Waals surface area contributed by atoms with Crippen molar-refractivity contribution in [1.29, 1.82) is 0 Å². The Kier molecular flexibility index (Phi) is 3.14. The van der Waals surface area contributed by atoms with Crippen molar-refractivity contribution in [1.82, 2.24) is 4.90 Å². The van der Waals surface area contributed by atoms with Crippen molar-refractivity contribution in [2.75, 3.05) is 13.1 Å². The van der Waals surface area contributed by atoms with Gasteiger partial charge in [-0.25, -0.2) is 0 Å². The molecule has 0 aliphatic carbocycles. The first-order valence-corrected chi connectivity index (χ1v) is 5.59. The summed E-state index contributed by atoms with van der Waals surface area (Å²) in [5, 5.41) is 0. The van der Waals surface area contributed by atoms with Crippen LogP contribution in [0.2, 0.25) is 0 Å². The SMILES string of the molecule is S=C1CCCN1CCc1ccccc1. The summed E-state index contributed by atoms with van der Waals surface area (Å²) in [4.78, 5) is 3.49. The molecule has 0 spiro atoms. The Morgan fingerprint density at radius 2 is 2.00 bits per heavy atom. The van der Waals surface area contributed by atoms with Crippen LogP contribution in [0.25, 0.3) is 0 Å². The number of likely N-dealkylation sites (tertiary alicyclic amines) is 1. The number of hydrogen-bond donors (Lipinski definition) is 0. The zero-order valence-corrected chi connectivity index (χ0v) is 9.09. The molecule has 1 fully saturated rings. The zero-order chi connectivity index (χ0) is 9.80. The average molecular weight is 205 g/mol.